The van der Waals surface area contributed by atoms with E-state index in [9.17, 15) is 9.59 Å². The number of hydrogen-bond donors (Lipinski definition) is 0. The lowest BCUT2D eigenvalue weighted by molar-refractivity contribution is 0.111. The van der Waals surface area contributed by atoms with Crippen LogP contribution in [0, 0.1) is 0 Å². The summed E-state index contributed by atoms with van der Waals surface area (Å²) in [7, 11) is 3.29. The van der Waals surface area contributed by atoms with Gasteiger partial charge >= 0.3 is 0 Å². The van der Waals surface area contributed by atoms with E-state index in [0.29, 0.717) is 11.1 Å². The summed E-state index contributed by atoms with van der Waals surface area (Å²) in [6.07, 6.45) is 10.5. The molecule has 198 valence electrons. The van der Waals surface area contributed by atoms with E-state index in [1.54, 1.807) is 14.2 Å². The monoisotopic (exact) mass is 494 g/mol. The minimum absolute atomic E-state index is 0.0135. The van der Waals surface area contributed by atoms with E-state index < -0.39 is 0 Å². The summed E-state index contributed by atoms with van der Waals surface area (Å²) in [4.78, 5) is 23.3. The Balaban J connectivity index is 1.89. The summed E-state index contributed by atoms with van der Waals surface area (Å²) < 4.78 is 11.2. The predicted molar refractivity (Wildman–Crippen MR) is 149 cm³/mol. The maximum atomic E-state index is 11.6. The molecule has 0 fully saturated rings. The Morgan fingerprint density at radius 3 is 1.19 bits per heavy atom. The van der Waals surface area contributed by atoms with E-state index in [1.165, 1.54) is 24.0 Å². The van der Waals surface area contributed by atoms with Crippen molar-refractivity contribution in [2.24, 2.45) is 0 Å². The third-order valence-electron chi connectivity index (χ3n) is 6.93. The first-order valence-corrected chi connectivity index (χ1v) is 13.3. The molecule has 2 aromatic rings. The molecule has 0 saturated heterocycles. The molecule has 0 radical (unpaired) electrons. The molecule has 0 bridgehead atoms. The van der Waals surface area contributed by atoms with Gasteiger partial charge in [-0.2, -0.15) is 0 Å². The highest BCUT2D eigenvalue weighted by Crippen LogP contribution is 2.33. The molecule has 0 unspecified atom stereocenters. The molecular weight excluding hydrogens is 448 g/mol. The summed E-state index contributed by atoms with van der Waals surface area (Å²) in [6, 6.07) is 8.33. The molecule has 0 aliphatic carbocycles. The molecule has 0 aromatic heterocycles. The SMILES string of the molecule is COc1c(C=O)cc(C(C)(C)C)cc1CCCCCCCCc1cc(C(C)(C)C)cc(C=O)c1OC. The second kappa shape index (κ2) is 13.1. The Labute approximate surface area is 218 Å². The van der Waals surface area contributed by atoms with Crippen LogP contribution < -0.4 is 9.47 Å². The fraction of sp³-hybridized carbons (Fsp3) is 0.562. The Morgan fingerprint density at radius 1 is 0.583 bits per heavy atom. The number of unbranched alkanes of at least 4 members (excludes halogenated alkanes) is 5. The molecule has 0 amide bonds. The molecule has 0 N–H and O–H groups in total. The van der Waals surface area contributed by atoms with Gasteiger partial charge in [0.15, 0.2) is 12.6 Å². The van der Waals surface area contributed by atoms with Crippen molar-refractivity contribution in [2.75, 3.05) is 14.2 Å². The highest BCUT2D eigenvalue weighted by atomic mass is 16.5. The van der Waals surface area contributed by atoms with Gasteiger partial charge in [0, 0.05) is 0 Å². The quantitative estimate of drug-likeness (QED) is 0.209. The highest BCUT2D eigenvalue weighted by Gasteiger charge is 2.20. The lowest BCUT2D eigenvalue weighted by Gasteiger charge is -2.22. The molecule has 0 aliphatic rings. The number of aryl methyl sites for hydroxylation is 2. The summed E-state index contributed by atoms with van der Waals surface area (Å²) in [5, 5.41) is 0. The van der Waals surface area contributed by atoms with Crippen LogP contribution in [0.5, 0.6) is 11.5 Å². The predicted octanol–water partition coefficient (Wildman–Crippen LogP) is 8.05. The Bertz CT molecular complexity index is 938. The molecule has 0 aliphatic heterocycles. The van der Waals surface area contributed by atoms with E-state index >= 15 is 0 Å². The average molecular weight is 495 g/mol. The molecule has 36 heavy (non-hydrogen) atoms. The smallest absolute Gasteiger partial charge is 0.153 e. The van der Waals surface area contributed by atoms with Crippen LogP contribution in [0.15, 0.2) is 24.3 Å². The average Bonchev–Trinajstić information content (AvgIpc) is 2.83. The summed E-state index contributed by atoms with van der Waals surface area (Å²) >= 11 is 0. The minimum atomic E-state index is -0.0135. The van der Waals surface area contributed by atoms with Crippen LogP contribution in [-0.2, 0) is 23.7 Å². The van der Waals surface area contributed by atoms with Crippen molar-refractivity contribution >= 4 is 12.6 Å². The summed E-state index contributed by atoms with van der Waals surface area (Å²) in [5.41, 5.74) is 5.86. The van der Waals surface area contributed by atoms with E-state index in [-0.39, 0.29) is 10.8 Å². The Morgan fingerprint density at radius 2 is 0.917 bits per heavy atom. The highest BCUT2D eigenvalue weighted by molar-refractivity contribution is 5.81. The molecule has 2 rings (SSSR count). The number of ether oxygens (including phenoxy) is 2. The maximum absolute atomic E-state index is 11.6. The first kappa shape index (κ1) is 29.6. The molecule has 0 saturated carbocycles. The van der Waals surface area contributed by atoms with Crippen molar-refractivity contribution in [3.63, 3.8) is 0 Å². The molecule has 2 aromatic carbocycles. The third kappa shape index (κ3) is 7.94. The standard InChI is InChI=1S/C32H46O4/c1-31(2,3)27-17-23(29(35-7)25(19-27)21-33)15-13-11-9-10-12-14-16-24-18-28(32(4,5)6)20-26(22-34)30(24)36-8/h17-22H,9-16H2,1-8H3. The van der Waals surface area contributed by atoms with Crippen molar-refractivity contribution in [1.29, 1.82) is 0 Å². The molecule has 4 heteroatoms. The lowest BCUT2D eigenvalue weighted by Crippen LogP contribution is -2.13. The number of benzene rings is 2. The Hall–Kier alpha value is -2.62. The van der Waals surface area contributed by atoms with Crippen LogP contribution in [-0.4, -0.2) is 26.8 Å². The van der Waals surface area contributed by atoms with Gasteiger partial charge in [0.05, 0.1) is 25.3 Å². The Kier molecular flexibility index (Phi) is 10.8. The fourth-order valence-corrected chi connectivity index (χ4v) is 4.68. The van der Waals surface area contributed by atoms with Crippen molar-refractivity contribution in [3.8, 4) is 11.5 Å². The van der Waals surface area contributed by atoms with Crippen LogP contribution in [0.1, 0.15) is 123 Å². The summed E-state index contributed by atoms with van der Waals surface area (Å²) in [6.45, 7) is 13.0. The maximum Gasteiger partial charge on any atom is 0.153 e. The van der Waals surface area contributed by atoms with E-state index in [2.05, 4.69) is 53.7 Å². The van der Waals surface area contributed by atoms with Crippen LogP contribution in [0.25, 0.3) is 0 Å². The van der Waals surface area contributed by atoms with Gasteiger partial charge in [-0.25, -0.2) is 0 Å². The number of carbonyl (C=O) groups excluding carboxylic acids is 2. The van der Waals surface area contributed by atoms with E-state index in [1.807, 2.05) is 12.1 Å². The molecule has 0 spiro atoms. The lowest BCUT2D eigenvalue weighted by atomic mass is 9.84. The molecular formula is C32H46O4. The number of carbonyl (C=O) groups is 2. The van der Waals surface area contributed by atoms with Crippen molar-refractivity contribution in [3.05, 3.63) is 57.6 Å². The van der Waals surface area contributed by atoms with Crippen LogP contribution in [0.2, 0.25) is 0 Å². The largest absolute Gasteiger partial charge is 0.496 e. The fourth-order valence-electron chi connectivity index (χ4n) is 4.68. The van der Waals surface area contributed by atoms with Gasteiger partial charge in [0.25, 0.3) is 0 Å². The molecule has 0 heterocycles. The van der Waals surface area contributed by atoms with Gasteiger partial charge < -0.3 is 9.47 Å². The van der Waals surface area contributed by atoms with E-state index in [4.69, 9.17) is 9.47 Å². The zero-order valence-corrected chi connectivity index (χ0v) is 23.8. The first-order valence-electron chi connectivity index (χ1n) is 13.3. The number of rotatable bonds is 13. The van der Waals surface area contributed by atoms with Crippen molar-refractivity contribution < 1.29 is 19.1 Å². The zero-order valence-electron chi connectivity index (χ0n) is 23.8. The number of aldehydes is 2. The van der Waals surface area contributed by atoms with Gasteiger partial charge in [0.1, 0.15) is 11.5 Å². The number of hydrogen-bond acceptors (Lipinski definition) is 4. The minimum Gasteiger partial charge on any atom is -0.496 e. The van der Waals surface area contributed by atoms with Crippen molar-refractivity contribution in [2.45, 2.75) is 104 Å². The topological polar surface area (TPSA) is 52.6 Å². The van der Waals surface area contributed by atoms with Crippen LogP contribution >= 0.6 is 0 Å². The normalized spacial score (nSPS) is 11.9. The van der Waals surface area contributed by atoms with Gasteiger partial charge in [-0.1, -0.05) is 79.4 Å². The summed E-state index contributed by atoms with van der Waals surface area (Å²) in [5.74, 6) is 1.44. The second-order valence-corrected chi connectivity index (χ2v) is 11.9. The third-order valence-corrected chi connectivity index (χ3v) is 6.93. The van der Waals surface area contributed by atoms with Gasteiger partial charge in [-0.05, 0) is 70.9 Å². The van der Waals surface area contributed by atoms with Gasteiger partial charge in [-0.15, -0.1) is 0 Å². The van der Waals surface area contributed by atoms with Crippen LogP contribution in [0.4, 0.5) is 0 Å². The van der Waals surface area contributed by atoms with Crippen LogP contribution in [0.3, 0.4) is 0 Å². The zero-order chi connectivity index (χ0) is 26.9. The number of methoxy groups -OCH3 is 2. The van der Waals surface area contributed by atoms with Gasteiger partial charge in [-0.3, -0.25) is 9.59 Å². The first-order chi connectivity index (χ1) is 17.0. The van der Waals surface area contributed by atoms with Gasteiger partial charge in [0.2, 0.25) is 0 Å². The molecule has 4 nitrogen and oxygen atoms in total. The second-order valence-electron chi connectivity index (χ2n) is 11.9. The van der Waals surface area contributed by atoms with Crippen molar-refractivity contribution in [1.82, 2.24) is 0 Å². The molecule has 0 atom stereocenters. The van der Waals surface area contributed by atoms with E-state index in [0.717, 1.165) is 73.7 Å².